The molecule has 1 amide bonds. The Morgan fingerprint density at radius 3 is 2.30 bits per heavy atom. The van der Waals surface area contributed by atoms with Crippen molar-refractivity contribution in [1.82, 2.24) is 5.32 Å². The van der Waals surface area contributed by atoms with Gasteiger partial charge in [0.2, 0.25) is 5.91 Å². The van der Waals surface area contributed by atoms with Gasteiger partial charge in [0.05, 0.1) is 5.25 Å². The van der Waals surface area contributed by atoms with Crippen molar-refractivity contribution in [2.45, 2.75) is 50.7 Å². The van der Waals surface area contributed by atoms with Crippen LogP contribution in [-0.4, -0.2) is 22.5 Å². The lowest BCUT2D eigenvalue weighted by Crippen LogP contribution is -2.46. The van der Waals surface area contributed by atoms with E-state index < -0.39 is 0 Å². The fourth-order valence-electron chi connectivity index (χ4n) is 5.05. The summed E-state index contributed by atoms with van der Waals surface area (Å²) in [5.74, 6) is 2.83. The summed E-state index contributed by atoms with van der Waals surface area (Å²) in [5, 5.41) is 11.9. The molecule has 1 N–H and O–H groups in total. The van der Waals surface area contributed by atoms with Gasteiger partial charge >= 0.3 is 0 Å². The van der Waals surface area contributed by atoms with E-state index in [0.717, 1.165) is 17.8 Å². The number of rotatable bonds is 2. The molecule has 5 aliphatic rings. The molecule has 5 heteroatoms. The van der Waals surface area contributed by atoms with Gasteiger partial charge in [0.25, 0.3) is 0 Å². The fourth-order valence-corrected chi connectivity index (χ4v) is 5.80. The summed E-state index contributed by atoms with van der Waals surface area (Å²) in [5.41, 5.74) is 0.317. The van der Waals surface area contributed by atoms with Crippen LogP contribution in [-0.2, 0) is 4.79 Å². The Morgan fingerprint density at radius 2 is 1.80 bits per heavy atom. The minimum absolute atomic E-state index is 0.0384. The molecular weight excluding hydrogens is 270 g/mol. The van der Waals surface area contributed by atoms with Crippen LogP contribution in [0.4, 0.5) is 0 Å². The van der Waals surface area contributed by atoms with Crippen LogP contribution < -0.4 is 5.32 Å². The van der Waals surface area contributed by atoms with Crippen LogP contribution >= 0.6 is 11.8 Å². The molecule has 4 nitrogen and oxygen atoms in total. The zero-order chi connectivity index (χ0) is 13.7. The van der Waals surface area contributed by atoms with Crippen LogP contribution in [0.25, 0.3) is 0 Å². The number of carbonyl (C=O) groups is 1. The summed E-state index contributed by atoms with van der Waals surface area (Å²) in [6, 6.07) is 0. The molecule has 1 heterocycles. The smallest absolute Gasteiger partial charge is 0.239 e. The van der Waals surface area contributed by atoms with E-state index in [1.807, 2.05) is 6.92 Å². The second kappa shape index (κ2) is 4.58. The molecule has 0 unspecified atom stereocenters. The SMILES string of the molecule is C[C@H]1S/C(=N/N=CC23CC4CC(CC(C4)C2)C3)NC1=O. The lowest BCUT2D eigenvalue weighted by Gasteiger charge is -2.55. The van der Waals surface area contributed by atoms with Crippen molar-refractivity contribution in [3.8, 4) is 0 Å². The number of hydrogen-bond donors (Lipinski definition) is 1. The predicted octanol–water partition coefficient (Wildman–Crippen LogP) is 2.80. The van der Waals surface area contributed by atoms with E-state index in [1.165, 1.54) is 50.3 Å². The highest BCUT2D eigenvalue weighted by atomic mass is 32.2. The van der Waals surface area contributed by atoms with Gasteiger partial charge in [-0.2, -0.15) is 5.10 Å². The summed E-state index contributed by atoms with van der Waals surface area (Å²) >= 11 is 1.47. The second-order valence-electron chi connectivity index (χ2n) is 7.18. The summed E-state index contributed by atoms with van der Waals surface area (Å²) < 4.78 is 0. The molecule has 5 rings (SSSR count). The number of amides is 1. The molecule has 4 saturated carbocycles. The predicted molar refractivity (Wildman–Crippen MR) is 81.7 cm³/mol. The monoisotopic (exact) mass is 291 g/mol. The Bertz CT molecular complexity index is 464. The van der Waals surface area contributed by atoms with E-state index in [1.54, 1.807) is 0 Å². The molecule has 0 radical (unpaired) electrons. The number of thioether (sulfide) groups is 1. The molecule has 1 atom stereocenters. The van der Waals surface area contributed by atoms with E-state index in [9.17, 15) is 4.79 Å². The highest BCUT2D eigenvalue weighted by Crippen LogP contribution is 2.59. The van der Waals surface area contributed by atoms with Gasteiger partial charge in [-0.05, 0) is 63.2 Å². The number of carbonyl (C=O) groups excluding carboxylic acids is 1. The van der Waals surface area contributed by atoms with Gasteiger partial charge in [-0.1, -0.05) is 11.8 Å². The summed E-state index contributed by atoms with van der Waals surface area (Å²) in [6.07, 6.45) is 10.4. The molecule has 20 heavy (non-hydrogen) atoms. The topological polar surface area (TPSA) is 53.8 Å². The highest BCUT2D eigenvalue weighted by Gasteiger charge is 2.50. The summed E-state index contributed by atoms with van der Waals surface area (Å²) in [6.45, 7) is 1.89. The molecule has 5 fully saturated rings. The largest absolute Gasteiger partial charge is 0.303 e. The van der Waals surface area contributed by atoms with Crippen molar-refractivity contribution < 1.29 is 4.79 Å². The molecule has 1 saturated heterocycles. The summed E-state index contributed by atoms with van der Waals surface area (Å²) in [4.78, 5) is 11.4. The van der Waals surface area contributed by atoms with Crippen LogP contribution in [0.3, 0.4) is 0 Å². The Balaban J connectivity index is 1.48. The van der Waals surface area contributed by atoms with Crippen molar-refractivity contribution in [2.24, 2.45) is 33.4 Å². The Morgan fingerprint density at radius 1 is 1.20 bits per heavy atom. The van der Waals surface area contributed by atoms with Crippen LogP contribution in [0.5, 0.6) is 0 Å². The number of nitrogens with one attached hydrogen (secondary N) is 1. The first-order chi connectivity index (χ1) is 9.62. The average Bonchev–Trinajstić information content (AvgIpc) is 2.66. The fraction of sp³-hybridized carbons (Fsp3) is 0.800. The van der Waals surface area contributed by atoms with Gasteiger partial charge in [-0.25, -0.2) is 0 Å². The van der Waals surface area contributed by atoms with Gasteiger partial charge in [0.1, 0.15) is 0 Å². The third kappa shape index (κ3) is 2.20. The minimum Gasteiger partial charge on any atom is -0.303 e. The lowest BCUT2D eigenvalue weighted by molar-refractivity contribution is -0.118. The van der Waals surface area contributed by atoms with E-state index in [0.29, 0.717) is 10.6 Å². The summed E-state index contributed by atoms with van der Waals surface area (Å²) in [7, 11) is 0. The van der Waals surface area contributed by atoms with Crippen molar-refractivity contribution >= 4 is 29.1 Å². The van der Waals surface area contributed by atoms with E-state index in [4.69, 9.17) is 0 Å². The molecule has 0 aromatic rings. The van der Waals surface area contributed by atoms with Crippen LogP contribution in [0.1, 0.15) is 45.4 Å². The first kappa shape index (κ1) is 12.9. The molecule has 1 aliphatic heterocycles. The third-order valence-corrected chi connectivity index (χ3v) is 6.43. The minimum atomic E-state index is -0.0384. The van der Waals surface area contributed by atoms with Gasteiger partial charge in [-0.15, -0.1) is 5.10 Å². The zero-order valence-corrected chi connectivity index (χ0v) is 12.7. The zero-order valence-electron chi connectivity index (χ0n) is 11.8. The molecule has 0 aromatic heterocycles. The number of amidine groups is 1. The first-order valence-electron chi connectivity index (χ1n) is 7.72. The van der Waals surface area contributed by atoms with Gasteiger partial charge < -0.3 is 5.32 Å². The van der Waals surface area contributed by atoms with Gasteiger partial charge in [0, 0.05) is 11.6 Å². The van der Waals surface area contributed by atoms with Gasteiger partial charge in [-0.3, -0.25) is 4.79 Å². The molecule has 4 bridgehead atoms. The maximum atomic E-state index is 11.4. The number of hydrogen-bond acceptors (Lipinski definition) is 4. The Hall–Kier alpha value is -0.840. The molecule has 4 aliphatic carbocycles. The molecule has 108 valence electrons. The maximum absolute atomic E-state index is 11.4. The molecule has 0 aromatic carbocycles. The quantitative estimate of drug-likeness (QED) is 0.628. The van der Waals surface area contributed by atoms with Crippen LogP contribution in [0.15, 0.2) is 10.2 Å². The standard InChI is InChI=1S/C15H21N3OS/c1-9-13(19)17-14(20-9)18-16-8-15-5-10-2-11(6-15)4-12(3-10)7-15/h8-12H,2-7H2,1H3,(H,17,18,19)/t9-,10?,11?,12?,15?/m1/s1. The van der Waals surface area contributed by atoms with E-state index in [-0.39, 0.29) is 11.2 Å². The van der Waals surface area contributed by atoms with Crippen molar-refractivity contribution in [1.29, 1.82) is 0 Å². The third-order valence-electron chi connectivity index (χ3n) is 5.45. The van der Waals surface area contributed by atoms with Gasteiger partial charge in [0.15, 0.2) is 5.17 Å². The van der Waals surface area contributed by atoms with Crippen LogP contribution in [0, 0.1) is 23.2 Å². The van der Waals surface area contributed by atoms with E-state index in [2.05, 4.69) is 21.7 Å². The van der Waals surface area contributed by atoms with E-state index >= 15 is 0 Å². The number of nitrogens with zero attached hydrogens (tertiary/aromatic N) is 2. The molecule has 0 spiro atoms. The van der Waals surface area contributed by atoms with Crippen LogP contribution in [0.2, 0.25) is 0 Å². The second-order valence-corrected chi connectivity index (χ2v) is 8.51. The van der Waals surface area contributed by atoms with Crippen molar-refractivity contribution in [2.75, 3.05) is 0 Å². The average molecular weight is 291 g/mol. The maximum Gasteiger partial charge on any atom is 0.239 e. The molecular formula is C15H21N3OS. The van der Waals surface area contributed by atoms with Crippen molar-refractivity contribution in [3.63, 3.8) is 0 Å². The first-order valence-corrected chi connectivity index (χ1v) is 8.60. The normalized spacial score (nSPS) is 48.5. The van der Waals surface area contributed by atoms with Crippen molar-refractivity contribution in [3.05, 3.63) is 0 Å². The Kier molecular flexibility index (Phi) is 2.95. The highest BCUT2D eigenvalue weighted by molar-refractivity contribution is 8.15. The lowest BCUT2D eigenvalue weighted by atomic mass is 9.50. The Labute approximate surface area is 123 Å².